The number of amides is 1. The number of aryl methyl sites for hydroxylation is 1. The van der Waals surface area contributed by atoms with Crippen molar-refractivity contribution in [3.63, 3.8) is 0 Å². The topological polar surface area (TPSA) is 67.3 Å². The lowest BCUT2D eigenvalue weighted by Gasteiger charge is -2.18. The lowest BCUT2D eigenvalue weighted by Crippen LogP contribution is -2.33. The van der Waals surface area contributed by atoms with Gasteiger partial charge in [-0.15, -0.1) is 0 Å². The maximum atomic E-state index is 12.7. The van der Waals surface area contributed by atoms with Crippen LogP contribution in [-0.4, -0.2) is 39.5 Å². The fourth-order valence-electron chi connectivity index (χ4n) is 2.84. The van der Waals surface area contributed by atoms with E-state index in [4.69, 9.17) is 4.74 Å². The number of benzene rings is 1. The van der Waals surface area contributed by atoms with Crippen molar-refractivity contribution in [1.82, 2.24) is 14.9 Å². The highest BCUT2D eigenvalue weighted by Gasteiger charge is 2.32. The molecule has 1 atom stereocenters. The molecule has 1 aromatic heterocycles. The second kappa shape index (κ2) is 7.51. The number of aromatic nitrogens is 2. The number of rotatable bonds is 6. The number of hydrogen-bond acceptors (Lipinski definition) is 5. The first-order valence-electron chi connectivity index (χ1n) is 8.61. The van der Waals surface area contributed by atoms with Crippen LogP contribution in [0, 0.1) is 6.92 Å². The van der Waals surface area contributed by atoms with Crippen LogP contribution in [0.4, 0.5) is 5.82 Å². The van der Waals surface area contributed by atoms with Gasteiger partial charge in [0.25, 0.3) is 5.88 Å². The van der Waals surface area contributed by atoms with Crippen LogP contribution < -0.4 is 10.1 Å². The zero-order valence-electron chi connectivity index (χ0n) is 14.9. The molecule has 0 radical (unpaired) electrons. The summed E-state index contributed by atoms with van der Waals surface area (Å²) in [6, 6.07) is 7.99. The number of anilines is 1. The summed E-state index contributed by atoms with van der Waals surface area (Å²) in [5.74, 6) is 1.04. The maximum Gasteiger partial charge on any atom is 0.257 e. The summed E-state index contributed by atoms with van der Waals surface area (Å²) in [6.45, 7) is 7.28. The zero-order chi connectivity index (χ0) is 17.8. The third-order valence-electron chi connectivity index (χ3n) is 4.11. The number of hydrogen-bond donors (Lipinski definition) is 1. The number of nitrogens with one attached hydrogen (secondary N) is 1. The van der Waals surface area contributed by atoms with Gasteiger partial charge < -0.3 is 15.0 Å². The molecule has 1 N–H and O–H groups in total. The third-order valence-corrected chi connectivity index (χ3v) is 4.11. The molecule has 0 saturated carbocycles. The van der Waals surface area contributed by atoms with Gasteiger partial charge in [-0.2, -0.15) is 0 Å². The molecule has 2 heterocycles. The van der Waals surface area contributed by atoms with Crippen molar-refractivity contribution in [2.45, 2.75) is 45.9 Å². The lowest BCUT2D eigenvalue weighted by molar-refractivity contribution is -0.128. The molecule has 1 aromatic carbocycles. The Hall–Kier alpha value is -2.63. The van der Waals surface area contributed by atoms with Crippen LogP contribution in [-0.2, 0) is 11.3 Å². The number of carbonyl (C=O) groups excluding carboxylic acids is 1. The molecule has 1 fully saturated rings. The van der Waals surface area contributed by atoms with Crippen LogP contribution in [0.2, 0.25) is 0 Å². The van der Waals surface area contributed by atoms with Crippen LogP contribution >= 0.6 is 0 Å². The first-order valence-corrected chi connectivity index (χ1v) is 8.61. The van der Waals surface area contributed by atoms with Gasteiger partial charge in [0.15, 0.2) is 5.82 Å². The van der Waals surface area contributed by atoms with Crippen molar-refractivity contribution >= 4 is 11.7 Å². The van der Waals surface area contributed by atoms with Gasteiger partial charge in [0.05, 0.1) is 6.10 Å². The molecule has 6 nitrogen and oxygen atoms in total. The number of likely N-dealkylation sites (tertiary alicyclic amines) is 1. The SMILES string of the molecule is Cc1ccc(CN2CCC(Nc3nccnc3OC(C)C)C2=O)cc1. The number of nitrogens with zero attached hydrogens (tertiary/aromatic N) is 3. The highest BCUT2D eigenvalue weighted by atomic mass is 16.5. The summed E-state index contributed by atoms with van der Waals surface area (Å²) in [6.07, 6.45) is 3.92. The first kappa shape index (κ1) is 17.2. The quantitative estimate of drug-likeness (QED) is 0.876. The van der Waals surface area contributed by atoms with Crippen molar-refractivity contribution in [2.24, 2.45) is 0 Å². The Bertz CT molecular complexity index is 730. The second-order valence-electron chi connectivity index (χ2n) is 6.61. The molecule has 0 bridgehead atoms. The lowest BCUT2D eigenvalue weighted by atomic mass is 10.1. The monoisotopic (exact) mass is 340 g/mol. The van der Waals surface area contributed by atoms with E-state index >= 15 is 0 Å². The second-order valence-corrected chi connectivity index (χ2v) is 6.61. The molecule has 1 unspecified atom stereocenters. The van der Waals surface area contributed by atoms with Gasteiger partial charge in [-0.05, 0) is 32.8 Å². The summed E-state index contributed by atoms with van der Waals surface area (Å²) in [5.41, 5.74) is 2.36. The van der Waals surface area contributed by atoms with E-state index in [0.717, 1.165) is 18.5 Å². The molecular weight excluding hydrogens is 316 g/mol. The highest BCUT2D eigenvalue weighted by molar-refractivity contribution is 5.86. The van der Waals surface area contributed by atoms with Gasteiger partial charge in [0.2, 0.25) is 5.91 Å². The summed E-state index contributed by atoms with van der Waals surface area (Å²) < 4.78 is 5.66. The Morgan fingerprint density at radius 1 is 1.24 bits per heavy atom. The molecule has 6 heteroatoms. The van der Waals surface area contributed by atoms with Crippen molar-refractivity contribution < 1.29 is 9.53 Å². The smallest absolute Gasteiger partial charge is 0.257 e. The minimum atomic E-state index is -0.295. The van der Waals surface area contributed by atoms with Crippen molar-refractivity contribution in [1.29, 1.82) is 0 Å². The van der Waals surface area contributed by atoms with E-state index in [9.17, 15) is 4.79 Å². The maximum absolute atomic E-state index is 12.7. The molecule has 25 heavy (non-hydrogen) atoms. The summed E-state index contributed by atoms with van der Waals surface area (Å²) in [7, 11) is 0. The number of carbonyl (C=O) groups is 1. The fraction of sp³-hybridized carbons (Fsp3) is 0.421. The predicted octanol–water partition coefficient (Wildman–Crippen LogP) is 2.79. The van der Waals surface area contributed by atoms with Gasteiger partial charge in [-0.25, -0.2) is 9.97 Å². The molecule has 3 rings (SSSR count). The molecule has 132 valence electrons. The van der Waals surface area contributed by atoms with Gasteiger partial charge >= 0.3 is 0 Å². The van der Waals surface area contributed by atoms with Gasteiger partial charge in [-0.1, -0.05) is 29.8 Å². The zero-order valence-corrected chi connectivity index (χ0v) is 14.9. The standard InChI is InChI=1S/C19H24N4O2/c1-13(2)25-18-17(20-9-10-21-18)22-16-8-11-23(19(16)24)12-15-6-4-14(3)5-7-15/h4-7,9-10,13,16H,8,11-12H2,1-3H3,(H,20,22). The summed E-state index contributed by atoms with van der Waals surface area (Å²) in [4.78, 5) is 23.1. The van der Waals surface area contributed by atoms with E-state index < -0.39 is 0 Å². The summed E-state index contributed by atoms with van der Waals surface area (Å²) in [5, 5.41) is 3.20. The molecule has 0 aliphatic carbocycles. The van der Waals surface area contributed by atoms with E-state index in [2.05, 4.69) is 46.5 Å². The fourth-order valence-corrected chi connectivity index (χ4v) is 2.84. The van der Waals surface area contributed by atoms with Crippen LogP contribution in [0.15, 0.2) is 36.7 Å². The summed E-state index contributed by atoms with van der Waals surface area (Å²) >= 11 is 0. The van der Waals surface area contributed by atoms with Crippen LogP contribution in [0.25, 0.3) is 0 Å². The average molecular weight is 340 g/mol. The van der Waals surface area contributed by atoms with Gasteiger partial charge in [-0.3, -0.25) is 4.79 Å². The van der Waals surface area contributed by atoms with Crippen molar-refractivity contribution in [3.05, 3.63) is 47.8 Å². The third kappa shape index (κ3) is 4.26. The van der Waals surface area contributed by atoms with Crippen molar-refractivity contribution in [3.8, 4) is 5.88 Å². The Balaban J connectivity index is 1.65. The predicted molar refractivity (Wildman–Crippen MR) is 96.4 cm³/mol. The molecule has 0 spiro atoms. The minimum Gasteiger partial charge on any atom is -0.472 e. The Labute approximate surface area is 148 Å². The first-order chi connectivity index (χ1) is 12.0. The normalized spacial score (nSPS) is 17.2. The van der Waals surface area contributed by atoms with Crippen LogP contribution in [0.1, 0.15) is 31.4 Å². The average Bonchev–Trinajstić information content (AvgIpc) is 2.91. The van der Waals surface area contributed by atoms with E-state index in [1.54, 1.807) is 12.4 Å². The van der Waals surface area contributed by atoms with Gasteiger partial charge in [0.1, 0.15) is 6.04 Å². The molecule has 1 aliphatic rings. The molecule has 1 aliphatic heterocycles. The molecule has 1 amide bonds. The molecule has 1 saturated heterocycles. The minimum absolute atomic E-state index is 0.00503. The van der Waals surface area contributed by atoms with E-state index in [1.807, 2.05) is 18.7 Å². The van der Waals surface area contributed by atoms with E-state index in [-0.39, 0.29) is 18.1 Å². The Morgan fingerprint density at radius 3 is 2.68 bits per heavy atom. The van der Waals surface area contributed by atoms with Crippen LogP contribution in [0.5, 0.6) is 5.88 Å². The van der Waals surface area contributed by atoms with E-state index in [1.165, 1.54) is 5.56 Å². The molecule has 2 aromatic rings. The number of ether oxygens (including phenoxy) is 1. The van der Waals surface area contributed by atoms with Gasteiger partial charge in [0, 0.05) is 25.5 Å². The van der Waals surface area contributed by atoms with Crippen molar-refractivity contribution in [2.75, 3.05) is 11.9 Å². The highest BCUT2D eigenvalue weighted by Crippen LogP contribution is 2.24. The largest absolute Gasteiger partial charge is 0.472 e. The Kier molecular flexibility index (Phi) is 5.16. The molecular formula is C19H24N4O2. The Morgan fingerprint density at radius 2 is 1.96 bits per heavy atom. The van der Waals surface area contributed by atoms with Crippen LogP contribution in [0.3, 0.4) is 0 Å². The van der Waals surface area contributed by atoms with E-state index in [0.29, 0.717) is 18.2 Å².